The second-order valence-electron chi connectivity index (χ2n) is 17.6. The molecule has 0 unspecified atom stereocenters. The van der Waals surface area contributed by atoms with Crippen LogP contribution < -0.4 is 0 Å². The zero-order chi connectivity index (χ0) is 36.6. The first-order valence-corrected chi connectivity index (χ1v) is 16.6. The zero-order valence-corrected chi connectivity index (χ0v) is 32.5. The summed E-state index contributed by atoms with van der Waals surface area (Å²) in [4.78, 5) is 54.8. The Kier molecular flexibility index (Phi) is 20.8. The van der Waals surface area contributed by atoms with Gasteiger partial charge in [-0.3, -0.25) is 19.2 Å². The third kappa shape index (κ3) is 24.5. The van der Waals surface area contributed by atoms with E-state index in [1.807, 2.05) is 148 Å². The Labute approximate surface area is 278 Å². The van der Waals surface area contributed by atoms with Gasteiger partial charge in [0, 0.05) is 44.5 Å². The topological polar surface area (TPSA) is 85.3 Å². The normalized spacial score (nSPS) is 13.8. The summed E-state index contributed by atoms with van der Waals surface area (Å²) in [5.74, 6) is 1.80. The average Bonchev–Trinajstić information content (AvgIpc) is 3.41. The van der Waals surface area contributed by atoms with Gasteiger partial charge in [0.25, 0.3) is 0 Å². The van der Waals surface area contributed by atoms with Crippen LogP contribution >= 0.6 is 0 Å². The Morgan fingerprint density at radius 1 is 0.644 bits per heavy atom. The van der Waals surface area contributed by atoms with Gasteiger partial charge in [0.1, 0.15) is 23.6 Å². The molecule has 5 nitrogen and oxygen atoms in total. The molecule has 0 radical (unpaired) electrons. The van der Waals surface area contributed by atoms with Crippen molar-refractivity contribution in [3.8, 4) is 0 Å². The third-order valence-corrected chi connectivity index (χ3v) is 6.86. The van der Waals surface area contributed by atoms with Crippen LogP contribution in [-0.4, -0.2) is 29.4 Å². The molecule has 2 rings (SSSR count). The molecule has 1 fully saturated rings. The molecule has 260 valence electrons. The van der Waals surface area contributed by atoms with E-state index >= 15 is 0 Å². The van der Waals surface area contributed by atoms with Gasteiger partial charge in [0.05, 0.1) is 0 Å². The van der Waals surface area contributed by atoms with E-state index in [0.29, 0.717) is 17.5 Å². The van der Waals surface area contributed by atoms with E-state index in [1.54, 1.807) is 6.92 Å². The van der Waals surface area contributed by atoms with Gasteiger partial charge in [0.15, 0.2) is 5.78 Å². The number of carbonyl (C=O) groups is 5. The van der Waals surface area contributed by atoms with E-state index in [2.05, 4.69) is 0 Å². The zero-order valence-electron chi connectivity index (χ0n) is 32.5. The van der Waals surface area contributed by atoms with Crippen molar-refractivity contribution >= 4 is 29.4 Å². The predicted octanol–water partition coefficient (Wildman–Crippen LogP) is 10.8. The number of carbonyl (C=O) groups excluding carboxylic acids is 5. The van der Waals surface area contributed by atoms with Crippen LogP contribution in [-0.2, 0) is 19.2 Å². The summed E-state index contributed by atoms with van der Waals surface area (Å²) in [5.41, 5.74) is -0.0325. The van der Waals surface area contributed by atoms with Crippen LogP contribution in [0.3, 0.4) is 0 Å². The van der Waals surface area contributed by atoms with Crippen molar-refractivity contribution in [2.24, 2.45) is 38.9 Å². The standard InChI is InChI=1S/C11H14O.C10H18O.C8H16O.C6H12O.C5H10O/c1-11(2,3)10(12)9-7-5-4-6-8-9;1-10(2,3)9(11)8-6-4-5-7-8;1-6(2)7(9)8(3,4)5;1-5(7)6(2,3)4;1-5(2,3)4-6/h4-8H,1-3H3;8H,4-7H2,1-3H3;6H,1-5H3;1-4H3;4H,1-3H3. The Balaban J connectivity index is -0.000000502. The lowest BCUT2D eigenvalue weighted by Gasteiger charge is -2.20. The molecular formula is C40H70O5. The molecule has 0 amide bonds. The lowest BCUT2D eigenvalue weighted by Crippen LogP contribution is -2.26. The average molecular weight is 631 g/mol. The van der Waals surface area contributed by atoms with Crippen LogP contribution in [0.25, 0.3) is 0 Å². The number of benzene rings is 1. The van der Waals surface area contributed by atoms with Crippen molar-refractivity contribution in [2.45, 2.75) is 150 Å². The SMILES string of the molecule is CC(=O)C(C)(C)C.CC(C)(C)C(=O)C1CCCC1.CC(C)(C)C(=O)c1ccccc1.CC(C)(C)C=O.CC(C)C(=O)C(C)(C)C. The van der Waals surface area contributed by atoms with Gasteiger partial charge in [-0.15, -0.1) is 0 Å². The highest BCUT2D eigenvalue weighted by Gasteiger charge is 2.31. The molecule has 1 aliphatic rings. The fourth-order valence-electron chi connectivity index (χ4n) is 3.69. The summed E-state index contributed by atoms with van der Waals surface area (Å²) in [5, 5.41) is 0. The maximum atomic E-state index is 11.7. The summed E-state index contributed by atoms with van der Waals surface area (Å²) >= 11 is 0. The molecule has 0 bridgehead atoms. The Morgan fingerprint density at radius 2 is 1.00 bits per heavy atom. The number of aldehydes is 1. The summed E-state index contributed by atoms with van der Waals surface area (Å²) in [6.07, 6.45) is 5.72. The Bertz CT molecular complexity index is 1020. The Hall–Kier alpha value is -2.43. The first-order valence-electron chi connectivity index (χ1n) is 16.6. The molecule has 1 aliphatic carbocycles. The van der Waals surface area contributed by atoms with Crippen LogP contribution in [0.1, 0.15) is 161 Å². The van der Waals surface area contributed by atoms with Crippen LogP contribution in [0.15, 0.2) is 30.3 Å². The van der Waals surface area contributed by atoms with E-state index in [0.717, 1.165) is 24.7 Å². The van der Waals surface area contributed by atoms with Crippen molar-refractivity contribution in [3.63, 3.8) is 0 Å². The van der Waals surface area contributed by atoms with E-state index < -0.39 is 0 Å². The molecule has 1 saturated carbocycles. The van der Waals surface area contributed by atoms with Crippen molar-refractivity contribution in [1.29, 1.82) is 0 Å². The smallest absolute Gasteiger partial charge is 0.168 e. The molecular weight excluding hydrogens is 560 g/mol. The third-order valence-electron chi connectivity index (χ3n) is 6.86. The molecule has 0 saturated heterocycles. The van der Waals surface area contributed by atoms with Crippen LogP contribution in [0.5, 0.6) is 0 Å². The van der Waals surface area contributed by atoms with E-state index in [4.69, 9.17) is 0 Å². The van der Waals surface area contributed by atoms with Gasteiger partial charge in [-0.2, -0.15) is 0 Å². The summed E-state index contributed by atoms with van der Waals surface area (Å²) in [7, 11) is 0. The van der Waals surface area contributed by atoms with E-state index in [9.17, 15) is 24.0 Å². The lowest BCUT2D eigenvalue weighted by atomic mass is 9.82. The molecule has 0 heterocycles. The minimum Gasteiger partial charge on any atom is -0.303 e. The van der Waals surface area contributed by atoms with Gasteiger partial charge >= 0.3 is 0 Å². The van der Waals surface area contributed by atoms with Crippen LogP contribution in [0, 0.1) is 38.9 Å². The minimum atomic E-state index is -0.276. The summed E-state index contributed by atoms with van der Waals surface area (Å²) in [6, 6.07) is 9.40. The second kappa shape index (κ2) is 19.9. The fourth-order valence-corrected chi connectivity index (χ4v) is 3.69. The van der Waals surface area contributed by atoms with Crippen molar-refractivity contribution in [2.75, 3.05) is 0 Å². The minimum absolute atomic E-state index is 0.116. The first-order chi connectivity index (χ1) is 19.9. The molecule has 0 N–H and O–H groups in total. The number of Topliss-reactive ketones (excluding diaryl/α,β-unsaturated/α-hetero) is 4. The lowest BCUT2D eigenvalue weighted by molar-refractivity contribution is -0.130. The van der Waals surface area contributed by atoms with Gasteiger partial charge in [-0.05, 0) is 19.8 Å². The summed E-state index contributed by atoms with van der Waals surface area (Å²) < 4.78 is 0. The highest BCUT2D eigenvalue weighted by Crippen LogP contribution is 2.32. The largest absolute Gasteiger partial charge is 0.303 e. The van der Waals surface area contributed by atoms with E-state index in [-0.39, 0.29) is 44.6 Å². The molecule has 1 aromatic rings. The number of hydrogen-bond acceptors (Lipinski definition) is 5. The molecule has 0 spiro atoms. The predicted molar refractivity (Wildman–Crippen MR) is 192 cm³/mol. The van der Waals surface area contributed by atoms with Gasteiger partial charge < -0.3 is 4.79 Å². The van der Waals surface area contributed by atoms with Gasteiger partial charge in [0.2, 0.25) is 0 Å². The monoisotopic (exact) mass is 631 g/mol. The quantitative estimate of drug-likeness (QED) is 0.245. The number of ketones is 4. The van der Waals surface area contributed by atoms with Gasteiger partial charge in [-0.25, -0.2) is 0 Å². The van der Waals surface area contributed by atoms with Crippen LogP contribution in [0.4, 0.5) is 0 Å². The van der Waals surface area contributed by atoms with E-state index in [1.165, 1.54) is 12.8 Å². The summed E-state index contributed by atoms with van der Waals surface area (Å²) in [6.45, 7) is 34.6. The molecule has 0 aromatic heterocycles. The van der Waals surface area contributed by atoms with Crippen molar-refractivity contribution < 1.29 is 24.0 Å². The maximum absolute atomic E-state index is 11.7. The molecule has 1 aromatic carbocycles. The first kappa shape index (κ1) is 47.0. The molecule has 0 atom stereocenters. The van der Waals surface area contributed by atoms with Gasteiger partial charge in [-0.1, -0.05) is 161 Å². The van der Waals surface area contributed by atoms with Crippen LogP contribution in [0.2, 0.25) is 0 Å². The fraction of sp³-hybridized carbons (Fsp3) is 0.725. The molecule has 5 heteroatoms. The highest BCUT2D eigenvalue weighted by atomic mass is 16.1. The van der Waals surface area contributed by atoms with Crippen molar-refractivity contribution in [3.05, 3.63) is 35.9 Å². The maximum Gasteiger partial charge on any atom is 0.168 e. The molecule has 45 heavy (non-hydrogen) atoms. The number of rotatable bonds is 3. The number of hydrogen-bond donors (Lipinski definition) is 0. The highest BCUT2D eigenvalue weighted by molar-refractivity contribution is 5.99. The van der Waals surface area contributed by atoms with Crippen molar-refractivity contribution in [1.82, 2.24) is 0 Å². The molecule has 0 aliphatic heterocycles. The second-order valence-corrected chi connectivity index (χ2v) is 17.6. The Morgan fingerprint density at radius 3 is 1.20 bits per heavy atom.